The van der Waals surface area contributed by atoms with Crippen molar-refractivity contribution in [3.05, 3.63) is 0 Å². The van der Waals surface area contributed by atoms with Gasteiger partial charge >= 0.3 is 23.9 Å². The number of carbonyl (C=O) groups excluding carboxylic acids is 4. The molecule has 16 heteroatoms. The van der Waals surface area contributed by atoms with Gasteiger partial charge in [-0.2, -0.15) is 0 Å². The summed E-state index contributed by atoms with van der Waals surface area (Å²) in [5, 5.41) is 44.7. The molecule has 1 aliphatic rings. The minimum atomic E-state index is -0.682. The smallest absolute Gasteiger partial charge is 0.306 e. The summed E-state index contributed by atoms with van der Waals surface area (Å²) in [5.74, 6) is -0.763. The zero-order chi connectivity index (χ0) is 73.9. The number of aliphatic hydroxyl groups excluding tert-OH is 4. The van der Waals surface area contributed by atoms with Crippen molar-refractivity contribution in [2.24, 2.45) is 0 Å². The van der Waals surface area contributed by atoms with Gasteiger partial charge in [-0.1, -0.05) is 266 Å². The maximum Gasteiger partial charge on any atom is 0.306 e. The van der Waals surface area contributed by atoms with Crippen molar-refractivity contribution >= 4 is 23.9 Å². The van der Waals surface area contributed by atoms with E-state index >= 15 is 0 Å². The fourth-order valence-electron chi connectivity index (χ4n) is 14.5. The van der Waals surface area contributed by atoms with E-state index in [4.69, 9.17) is 18.9 Å². The average Bonchev–Trinajstić information content (AvgIpc) is 0.852. The predicted molar refractivity (Wildman–Crippen MR) is 419 cm³/mol. The Labute approximate surface area is 622 Å². The molecule has 6 unspecified atom stereocenters. The molecule has 0 aromatic heterocycles. The molecule has 0 spiro atoms. The molecule has 0 aromatic carbocycles. The summed E-state index contributed by atoms with van der Waals surface area (Å²) in [6.07, 6.45) is 53.5. The van der Waals surface area contributed by atoms with Gasteiger partial charge in [0.05, 0.1) is 31.0 Å². The average molecular weight is 1440 g/mol. The van der Waals surface area contributed by atoms with Crippen molar-refractivity contribution in [3.8, 4) is 0 Å². The number of hydrogen-bond donors (Lipinski definition) is 4. The molecule has 0 bridgehead atoms. The van der Waals surface area contributed by atoms with Crippen LogP contribution in [-0.2, 0) is 38.1 Å². The Balaban J connectivity index is 2.66. The van der Waals surface area contributed by atoms with Gasteiger partial charge in [0.25, 0.3) is 0 Å². The van der Waals surface area contributed by atoms with Crippen LogP contribution < -0.4 is 0 Å². The number of rotatable bonds is 76. The Hall–Kier alpha value is -2.44. The minimum Gasteiger partial charge on any atom is -0.466 e. The van der Waals surface area contributed by atoms with Crippen LogP contribution in [0.4, 0.5) is 0 Å². The summed E-state index contributed by atoms with van der Waals surface area (Å²) in [7, 11) is 0. The van der Waals surface area contributed by atoms with Crippen LogP contribution in [0.5, 0.6) is 0 Å². The van der Waals surface area contributed by atoms with Crippen molar-refractivity contribution in [2.45, 2.75) is 438 Å². The Morgan fingerprint density at radius 2 is 0.584 bits per heavy atom. The van der Waals surface area contributed by atoms with E-state index in [0.29, 0.717) is 124 Å². The van der Waals surface area contributed by atoms with Crippen molar-refractivity contribution in [2.75, 3.05) is 85.3 Å². The standard InChI is InChI=1S/C85H166N4O12/c1-8-13-18-23-28-31-34-39-49-66-98-83(95)60-50-55-80(93)74-86(71-79(92)54-43-40-46-59-85(97)101-81(56-44-37-26-21-16-11-4)57-45-38-27-22-17-12-5)62-48-47-58-82(94)99-67-64-88-69-76(7)89(70-75(88)6)65-68-100-84(96)61-51-63-87(72-77(90)52-41-35-32-29-24-19-14-9-2)73-78(91)53-42-36-33-30-25-20-15-10-3/h75-81,90-93H,8-74H2,1-7H3. The van der Waals surface area contributed by atoms with E-state index in [9.17, 15) is 39.6 Å². The van der Waals surface area contributed by atoms with Crippen LogP contribution in [-0.4, -0.2) is 192 Å². The first kappa shape index (κ1) is 96.6. The summed E-state index contributed by atoms with van der Waals surface area (Å²) in [5.41, 5.74) is 0. The van der Waals surface area contributed by atoms with Gasteiger partial charge < -0.3 is 39.4 Å². The predicted octanol–water partition coefficient (Wildman–Crippen LogP) is 19.1. The highest BCUT2D eigenvalue weighted by Gasteiger charge is 2.29. The summed E-state index contributed by atoms with van der Waals surface area (Å²) < 4.78 is 23.2. The molecule has 1 heterocycles. The van der Waals surface area contributed by atoms with Gasteiger partial charge in [0.1, 0.15) is 19.3 Å². The van der Waals surface area contributed by atoms with Gasteiger partial charge in [0.2, 0.25) is 0 Å². The quantitative estimate of drug-likeness (QED) is 0.0254. The van der Waals surface area contributed by atoms with Gasteiger partial charge in [0, 0.05) is 90.1 Å². The molecule has 6 atom stereocenters. The lowest BCUT2D eigenvalue weighted by atomic mass is 10.0. The van der Waals surface area contributed by atoms with Crippen molar-refractivity contribution in [3.63, 3.8) is 0 Å². The van der Waals surface area contributed by atoms with E-state index in [1.54, 1.807) is 0 Å². The topological polar surface area (TPSA) is 199 Å². The second-order valence-electron chi connectivity index (χ2n) is 31.1. The van der Waals surface area contributed by atoms with Crippen LogP contribution in [0, 0.1) is 0 Å². The summed E-state index contributed by atoms with van der Waals surface area (Å²) in [6.45, 7) is 22.6. The highest BCUT2D eigenvalue weighted by molar-refractivity contribution is 5.70. The molecule has 1 saturated heterocycles. The number of esters is 4. The van der Waals surface area contributed by atoms with Crippen LogP contribution in [0.2, 0.25) is 0 Å². The molecular weight excluding hydrogens is 1270 g/mol. The molecule has 101 heavy (non-hydrogen) atoms. The van der Waals surface area contributed by atoms with Gasteiger partial charge in [0.15, 0.2) is 0 Å². The number of unbranched alkanes of at least 4 members (excludes halogenated alkanes) is 35. The Bertz CT molecular complexity index is 1810. The molecule has 4 N–H and O–H groups in total. The van der Waals surface area contributed by atoms with Gasteiger partial charge in [-0.25, -0.2) is 0 Å². The van der Waals surface area contributed by atoms with Crippen molar-refractivity contribution < 1.29 is 58.6 Å². The number of piperazine rings is 1. The van der Waals surface area contributed by atoms with Crippen LogP contribution in [0.15, 0.2) is 0 Å². The number of carbonyl (C=O) groups is 4. The number of hydrogen-bond acceptors (Lipinski definition) is 16. The number of aliphatic hydroxyl groups is 4. The summed E-state index contributed by atoms with van der Waals surface area (Å²) in [4.78, 5) is 60.8. The Kier molecular flexibility index (Phi) is 67.4. The lowest BCUT2D eigenvalue weighted by molar-refractivity contribution is -0.150. The normalized spacial score (nSPS) is 15.8. The van der Waals surface area contributed by atoms with Gasteiger partial charge in [-0.15, -0.1) is 0 Å². The minimum absolute atomic E-state index is 0.00677. The van der Waals surface area contributed by atoms with E-state index in [1.807, 2.05) is 0 Å². The Morgan fingerprint density at radius 1 is 0.317 bits per heavy atom. The molecule has 0 radical (unpaired) electrons. The van der Waals surface area contributed by atoms with Crippen molar-refractivity contribution in [1.82, 2.24) is 19.6 Å². The molecule has 0 saturated carbocycles. The molecule has 1 aliphatic heterocycles. The fraction of sp³-hybridized carbons (Fsp3) is 0.953. The molecular formula is C85H166N4O12. The maximum atomic E-state index is 13.1. The van der Waals surface area contributed by atoms with E-state index in [1.165, 1.54) is 186 Å². The second-order valence-corrected chi connectivity index (χ2v) is 31.1. The third-order valence-electron chi connectivity index (χ3n) is 21.1. The van der Waals surface area contributed by atoms with Gasteiger partial charge in [-0.05, 0) is 117 Å². The first-order chi connectivity index (χ1) is 49.1. The molecule has 0 aromatic rings. The highest BCUT2D eigenvalue weighted by Crippen LogP contribution is 2.22. The first-order valence-corrected chi connectivity index (χ1v) is 43.4. The largest absolute Gasteiger partial charge is 0.466 e. The molecule has 1 rings (SSSR count). The monoisotopic (exact) mass is 1440 g/mol. The zero-order valence-electron chi connectivity index (χ0n) is 67.3. The van der Waals surface area contributed by atoms with E-state index in [2.05, 4.69) is 68.1 Å². The fourth-order valence-corrected chi connectivity index (χ4v) is 14.5. The highest BCUT2D eigenvalue weighted by atomic mass is 16.5. The van der Waals surface area contributed by atoms with Gasteiger partial charge in [-0.3, -0.25) is 38.8 Å². The van der Waals surface area contributed by atoms with Crippen LogP contribution in [0.3, 0.4) is 0 Å². The van der Waals surface area contributed by atoms with Crippen molar-refractivity contribution in [1.29, 1.82) is 0 Å². The lowest BCUT2D eigenvalue weighted by Crippen LogP contribution is -2.57. The van der Waals surface area contributed by atoms with Crippen LogP contribution in [0.25, 0.3) is 0 Å². The molecule has 598 valence electrons. The van der Waals surface area contributed by atoms with E-state index < -0.39 is 24.4 Å². The molecule has 0 amide bonds. The third-order valence-corrected chi connectivity index (χ3v) is 21.1. The number of nitrogens with zero attached hydrogens (tertiary/aromatic N) is 4. The van der Waals surface area contributed by atoms with E-state index in [0.717, 1.165) is 109 Å². The first-order valence-electron chi connectivity index (χ1n) is 43.4. The molecule has 0 aliphatic carbocycles. The Morgan fingerprint density at radius 3 is 0.960 bits per heavy atom. The molecule has 16 nitrogen and oxygen atoms in total. The summed E-state index contributed by atoms with van der Waals surface area (Å²) in [6, 6.07) is 0.455. The lowest BCUT2D eigenvalue weighted by Gasteiger charge is -2.44. The number of ether oxygens (including phenoxy) is 4. The van der Waals surface area contributed by atoms with Crippen LogP contribution >= 0.6 is 0 Å². The maximum absolute atomic E-state index is 13.1. The van der Waals surface area contributed by atoms with E-state index in [-0.39, 0.29) is 54.9 Å². The van der Waals surface area contributed by atoms with Crippen LogP contribution in [0.1, 0.15) is 395 Å². The SMILES string of the molecule is CCCCCCCCCCCOC(=O)CCCC(O)CN(CCCCC(=O)OCCN1CC(C)N(CCOC(=O)CCCN(CC(O)CCCCCCCCCC)CC(O)CCCCCCCCCC)CC1C)CC(O)CCCCCC(=O)OC(CCCCCCCC)CCCCCCCC. The third kappa shape index (κ3) is 61.3. The summed E-state index contributed by atoms with van der Waals surface area (Å²) >= 11 is 0. The zero-order valence-corrected chi connectivity index (χ0v) is 67.3. The molecule has 1 fully saturated rings. The second kappa shape index (κ2) is 70.5.